The number of carbonyl (C=O) groups is 2. The highest BCUT2D eigenvalue weighted by molar-refractivity contribution is 7.89. The van der Waals surface area contributed by atoms with Crippen molar-refractivity contribution in [3.05, 3.63) is 0 Å². The molecule has 2 N–H and O–H groups in total. The van der Waals surface area contributed by atoms with E-state index in [1.807, 2.05) is 6.92 Å². The van der Waals surface area contributed by atoms with Gasteiger partial charge < -0.3 is 10.4 Å². The molecular formula is C14H24N2O5S. The van der Waals surface area contributed by atoms with E-state index >= 15 is 0 Å². The van der Waals surface area contributed by atoms with E-state index < -0.39 is 27.4 Å². The summed E-state index contributed by atoms with van der Waals surface area (Å²) in [6.07, 6.45) is 3.64. The number of nitrogens with zero attached hydrogens (tertiary/aromatic N) is 1. The van der Waals surface area contributed by atoms with Gasteiger partial charge in [-0.2, -0.15) is 4.31 Å². The monoisotopic (exact) mass is 332 g/mol. The molecule has 1 saturated carbocycles. The molecule has 1 saturated heterocycles. The lowest BCUT2D eigenvalue weighted by atomic mass is 10.1. The van der Waals surface area contributed by atoms with Crippen LogP contribution < -0.4 is 5.32 Å². The summed E-state index contributed by atoms with van der Waals surface area (Å²) < 4.78 is 25.9. The summed E-state index contributed by atoms with van der Waals surface area (Å²) in [6.45, 7) is 2.37. The summed E-state index contributed by atoms with van der Waals surface area (Å²) >= 11 is 0. The van der Waals surface area contributed by atoms with Crippen LogP contribution in [-0.4, -0.2) is 54.6 Å². The molecule has 1 amide bonds. The zero-order valence-corrected chi connectivity index (χ0v) is 13.7. The minimum atomic E-state index is -3.41. The first-order chi connectivity index (χ1) is 10.3. The van der Waals surface area contributed by atoms with Crippen LogP contribution in [0.5, 0.6) is 0 Å². The van der Waals surface area contributed by atoms with Crippen molar-refractivity contribution >= 4 is 21.9 Å². The van der Waals surface area contributed by atoms with Crippen molar-refractivity contribution in [2.45, 2.75) is 51.5 Å². The molecular weight excluding hydrogens is 308 g/mol. The Morgan fingerprint density at radius 1 is 1.36 bits per heavy atom. The molecule has 0 radical (unpaired) electrons. The summed E-state index contributed by atoms with van der Waals surface area (Å²) in [5.41, 5.74) is -0.833. The number of amides is 1. The van der Waals surface area contributed by atoms with Crippen molar-refractivity contribution < 1.29 is 23.1 Å². The number of unbranched alkanes of at least 4 members (excludes halogenated alkanes) is 1. The Morgan fingerprint density at radius 2 is 2.05 bits per heavy atom. The van der Waals surface area contributed by atoms with Crippen LogP contribution in [0.1, 0.15) is 45.4 Å². The Labute approximate surface area is 131 Å². The molecule has 1 aliphatic heterocycles. The zero-order valence-electron chi connectivity index (χ0n) is 12.9. The van der Waals surface area contributed by atoms with E-state index in [4.69, 9.17) is 5.11 Å². The lowest BCUT2D eigenvalue weighted by Gasteiger charge is -2.24. The van der Waals surface area contributed by atoms with Gasteiger partial charge in [-0.15, -0.1) is 0 Å². The van der Waals surface area contributed by atoms with Gasteiger partial charge in [-0.05, 0) is 32.1 Å². The van der Waals surface area contributed by atoms with Gasteiger partial charge in [0.2, 0.25) is 15.9 Å². The predicted octanol–water partition coefficient (Wildman–Crippen LogP) is 0.562. The first-order valence-corrected chi connectivity index (χ1v) is 9.44. The second kappa shape index (κ2) is 6.54. The van der Waals surface area contributed by atoms with Crippen LogP contribution in [0.2, 0.25) is 0 Å². The highest BCUT2D eigenvalue weighted by Crippen LogP contribution is 2.45. The maximum Gasteiger partial charge on any atom is 0.311 e. The third-order valence-electron chi connectivity index (χ3n) is 4.53. The highest BCUT2D eigenvalue weighted by Gasteiger charge is 2.50. The maximum absolute atomic E-state index is 12.3. The number of nitrogens with one attached hydrogen (secondary N) is 1. The quantitative estimate of drug-likeness (QED) is 0.676. The average molecular weight is 332 g/mol. The first-order valence-electron chi connectivity index (χ1n) is 7.83. The number of carboxylic acids is 1. The molecule has 1 unspecified atom stereocenters. The van der Waals surface area contributed by atoms with Crippen LogP contribution in [0, 0.1) is 5.41 Å². The zero-order chi connectivity index (χ0) is 16.4. The summed E-state index contributed by atoms with van der Waals surface area (Å²) in [5, 5.41) is 11.7. The normalized spacial score (nSPS) is 24.1. The largest absolute Gasteiger partial charge is 0.481 e. The SMILES string of the molecule is CCCCS(=O)(=O)N1CCCC1C(=O)NCC1(C(=O)O)CC1. The summed E-state index contributed by atoms with van der Waals surface area (Å²) in [6, 6.07) is -0.688. The van der Waals surface area contributed by atoms with Gasteiger partial charge in [0.05, 0.1) is 11.2 Å². The molecule has 7 nitrogen and oxygen atoms in total. The second-order valence-corrected chi connectivity index (χ2v) is 8.28. The van der Waals surface area contributed by atoms with E-state index in [0.717, 1.165) is 6.42 Å². The van der Waals surface area contributed by atoms with E-state index in [-0.39, 0.29) is 18.2 Å². The molecule has 2 rings (SSSR count). The molecule has 2 fully saturated rings. The standard InChI is InChI=1S/C14H24N2O5S/c1-2-3-9-22(20,21)16-8-4-5-11(16)12(17)15-10-14(6-7-14)13(18)19/h11H,2-10H2,1H3,(H,15,17)(H,18,19). The molecule has 0 aromatic carbocycles. The molecule has 1 atom stereocenters. The topological polar surface area (TPSA) is 104 Å². The van der Waals surface area contributed by atoms with E-state index in [9.17, 15) is 18.0 Å². The van der Waals surface area contributed by atoms with E-state index in [2.05, 4.69) is 5.32 Å². The fourth-order valence-corrected chi connectivity index (χ4v) is 4.65. The van der Waals surface area contributed by atoms with Gasteiger partial charge >= 0.3 is 5.97 Å². The molecule has 1 heterocycles. The van der Waals surface area contributed by atoms with Crippen LogP contribution in [0.25, 0.3) is 0 Å². The predicted molar refractivity (Wildman–Crippen MR) is 80.7 cm³/mol. The number of carboxylic acid groups (broad SMARTS) is 1. The fraction of sp³-hybridized carbons (Fsp3) is 0.857. The van der Waals surface area contributed by atoms with Crippen molar-refractivity contribution in [1.82, 2.24) is 9.62 Å². The minimum absolute atomic E-state index is 0.0618. The molecule has 0 aromatic rings. The molecule has 1 aliphatic carbocycles. The number of rotatable bonds is 8. The Hall–Kier alpha value is -1.15. The van der Waals surface area contributed by atoms with Crippen molar-refractivity contribution in [3.63, 3.8) is 0 Å². The molecule has 126 valence electrons. The lowest BCUT2D eigenvalue weighted by molar-refractivity contribution is -0.143. The second-order valence-electron chi connectivity index (χ2n) is 6.24. The number of hydrogen-bond acceptors (Lipinski definition) is 4. The Balaban J connectivity index is 1.95. The minimum Gasteiger partial charge on any atom is -0.481 e. The molecule has 0 spiro atoms. The van der Waals surface area contributed by atoms with Crippen LogP contribution in [0.3, 0.4) is 0 Å². The number of aliphatic carboxylic acids is 1. The molecule has 0 bridgehead atoms. The van der Waals surface area contributed by atoms with Gasteiger partial charge in [0, 0.05) is 13.1 Å². The van der Waals surface area contributed by atoms with Gasteiger partial charge in [0.25, 0.3) is 0 Å². The van der Waals surface area contributed by atoms with Crippen LogP contribution >= 0.6 is 0 Å². The van der Waals surface area contributed by atoms with Gasteiger partial charge in [-0.25, -0.2) is 8.42 Å². The lowest BCUT2D eigenvalue weighted by Crippen LogP contribution is -2.48. The third kappa shape index (κ3) is 3.60. The number of sulfonamides is 1. The van der Waals surface area contributed by atoms with Crippen LogP contribution in [0.15, 0.2) is 0 Å². The Morgan fingerprint density at radius 3 is 2.59 bits per heavy atom. The van der Waals surface area contributed by atoms with Crippen LogP contribution in [0.4, 0.5) is 0 Å². The highest BCUT2D eigenvalue weighted by atomic mass is 32.2. The summed E-state index contributed by atoms with van der Waals surface area (Å²) in [5.74, 6) is -1.21. The number of carbonyl (C=O) groups excluding carboxylic acids is 1. The first kappa shape index (κ1) is 17.2. The van der Waals surface area contributed by atoms with E-state index in [0.29, 0.717) is 38.6 Å². The van der Waals surface area contributed by atoms with Crippen LogP contribution in [-0.2, 0) is 19.6 Å². The van der Waals surface area contributed by atoms with E-state index in [1.54, 1.807) is 0 Å². The Kier molecular flexibility index (Phi) is 5.11. The number of hydrogen-bond donors (Lipinski definition) is 2. The van der Waals surface area contributed by atoms with Gasteiger partial charge in [0.15, 0.2) is 0 Å². The van der Waals surface area contributed by atoms with E-state index in [1.165, 1.54) is 4.31 Å². The van der Waals surface area contributed by atoms with Gasteiger partial charge in [-0.1, -0.05) is 13.3 Å². The molecule has 2 aliphatic rings. The fourth-order valence-electron chi connectivity index (χ4n) is 2.77. The summed E-state index contributed by atoms with van der Waals surface area (Å²) in [4.78, 5) is 23.4. The maximum atomic E-state index is 12.3. The molecule has 22 heavy (non-hydrogen) atoms. The van der Waals surface area contributed by atoms with Crippen molar-refractivity contribution in [1.29, 1.82) is 0 Å². The third-order valence-corrected chi connectivity index (χ3v) is 6.48. The molecule has 0 aromatic heterocycles. The summed E-state index contributed by atoms with van der Waals surface area (Å²) in [7, 11) is -3.41. The van der Waals surface area contributed by atoms with Crippen molar-refractivity contribution in [2.24, 2.45) is 5.41 Å². The Bertz CT molecular complexity index is 541. The van der Waals surface area contributed by atoms with Gasteiger partial charge in [-0.3, -0.25) is 9.59 Å². The van der Waals surface area contributed by atoms with Crippen molar-refractivity contribution in [2.75, 3.05) is 18.8 Å². The van der Waals surface area contributed by atoms with Crippen molar-refractivity contribution in [3.8, 4) is 0 Å². The average Bonchev–Trinajstić information content (AvgIpc) is 3.10. The van der Waals surface area contributed by atoms with Gasteiger partial charge in [0.1, 0.15) is 6.04 Å². The molecule has 8 heteroatoms. The smallest absolute Gasteiger partial charge is 0.311 e.